The Hall–Kier alpha value is -6.87. The molecule has 22 heteroatoms. The van der Waals surface area contributed by atoms with Crippen molar-refractivity contribution < 1.29 is 92.4 Å². The molecule has 0 aliphatic heterocycles. The van der Waals surface area contributed by atoms with Gasteiger partial charge in [-0.1, -0.05) is 68.4 Å². The van der Waals surface area contributed by atoms with Crippen LogP contribution in [0.4, 0.5) is 87.8 Å². The molecule has 1 heterocycles. The molecule has 7 aromatic rings. The minimum absolute atomic E-state index is 0.581. The number of hydrogen-bond donors (Lipinski definition) is 0. The lowest BCUT2D eigenvalue weighted by Crippen LogP contribution is -2.81. The van der Waals surface area contributed by atoms with E-state index in [-0.39, 0.29) is 0 Å². The normalized spacial score (nSPS) is 11.6. The monoisotopic (exact) mass is 967 g/mol. The summed E-state index contributed by atoms with van der Waals surface area (Å²) in [5.74, 6) is -70.8. The van der Waals surface area contributed by atoms with Crippen LogP contribution in [-0.2, 0) is 6.54 Å². The molecule has 0 bridgehead atoms. The fourth-order valence-corrected chi connectivity index (χ4v) is 7.48. The molecule has 1 nitrogen and oxygen atoms in total. The Morgan fingerprint density at radius 2 is 0.582 bits per heavy atom. The highest BCUT2D eigenvalue weighted by atomic mass is 19.2. The molecule has 0 fully saturated rings. The van der Waals surface area contributed by atoms with Crippen molar-refractivity contribution in [3.63, 3.8) is 0 Å². The van der Waals surface area contributed by atoms with E-state index in [0.29, 0.717) is 5.92 Å². The number of benzene rings is 6. The van der Waals surface area contributed by atoms with Crippen LogP contribution in [0.3, 0.4) is 0 Å². The number of hydrogen-bond acceptors (Lipinski definition) is 0. The molecular formula is C45H22BF20N. The second-order valence-electron chi connectivity index (χ2n) is 14.8. The van der Waals surface area contributed by atoms with Gasteiger partial charge in [0.15, 0.2) is 88.7 Å². The summed E-state index contributed by atoms with van der Waals surface area (Å²) in [5.41, 5.74) is -9.08. The van der Waals surface area contributed by atoms with Crippen LogP contribution < -0.4 is 26.4 Å². The summed E-state index contributed by atoms with van der Waals surface area (Å²) in [7, 11) is 0. The van der Waals surface area contributed by atoms with Gasteiger partial charge in [-0.3, -0.25) is 0 Å². The van der Waals surface area contributed by atoms with Crippen molar-refractivity contribution in [2.75, 3.05) is 0 Å². The van der Waals surface area contributed by atoms with Crippen molar-refractivity contribution in [2.24, 2.45) is 0 Å². The first-order valence-electron chi connectivity index (χ1n) is 18.8. The molecule has 350 valence electrons. The number of nitrogens with zero attached hydrogens (tertiary/aromatic N) is 1. The zero-order chi connectivity index (χ0) is 49.7. The quantitative estimate of drug-likeness (QED) is 0.0470. The summed E-state index contributed by atoms with van der Waals surface area (Å²) in [4.78, 5) is 0. The Bertz CT molecular complexity index is 2670. The van der Waals surface area contributed by atoms with Crippen LogP contribution in [0.1, 0.15) is 30.9 Å². The number of aromatic nitrogens is 1. The Labute approximate surface area is 364 Å². The summed E-state index contributed by atoms with van der Waals surface area (Å²) in [6.45, 7) is 5.36. The van der Waals surface area contributed by atoms with Crippen LogP contribution in [0.5, 0.6) is 0 Å². The zero-order valence-electron chi connectivity index (χ0n) is 33.4. The standard InChI is InChI=1S/C24BF20.C21H22N/c26-5-1(6(27)14(35)21(42)13(5)34)25(2-7(28)15(36)22(43)16(37)8(2)29,3-9(30)17(38)23(44)18(39)10(3)31)4-11(32)19(40)24(45)20(41)12(4)33;1-17(2)19-8-10-20(11-9-19)21-12-14-22(15-13-21)16-18-6-4-3-5-7-18/h;3-15,17H,16H2,1-2H3/q-1;+1. The zero-order valence-corrected chi connectivity index (χ0v) is 33.4. The fourth-order valence-electron chi connectivity index (χ4n) is 7.48. The van der Waals surface area contributed by atoms with Crippen molar-refractivity contribution in [3.05, 3.63) is 207 Å². The molecule has 67 heavy (non-hydrogen) atoms. The Morgan fingerprint density at radius 3 is 0.851 bits per heavy atom. The number of rotatable bonds is 8. The van der Waals surface area contributed by atoms with E-state index < -0.39 is 144 Å². The van der Waals surface area contributed by atoms with Crippen molar-refractivity contribution in [3.8, 4) is 11.1 Å². The van der Waals surface area contributed by atoms with Crippen molar-refractivity contribution in [1.82, 2.24) is 0 Å². The van der Waals surface area contributed by atoms with E-state index in [1.807, 2.05) is 0 Å². The summed E-state index contributed by atoms with van der Waals surface area (Å²) in [5, 5.41) is 0. The third-order valence-electron chi connectivity index (χ3n) is 10.7. The average Bonchev–Trinajstić information content (AvgIpc) is 3.32. The molecule has 0 unspecified atom stereocenters. The third-order valence-corrected chi connectivity index (χ3v) is 10.7. The first-order valence-corrected chi connectivity index (χ1v) is 18.8. The second-order valence-corrected chi connectivity index (χ2v) is 14.8. The lowest BCUT2D eigenvalue weighted by atomic mass is 9.12. The maximum absolute atomic E-state index is 15.4. The minimum Gasteiger partial charge on any atom is -0.207 e. The molecule has 0 amide bonds. The van der Waals surface area contributed by atoms with E-state index in [4.69, 9.17) is 0 Å². The predicted molar refractivity (Wildman–Crippen MR) is 201 cm³/mol. The van der Waals surface area contributed by atoms with Gasteiger partial charge < -0.3 is 0 Å². The van der Waals surface area contributed by atoms with Gasteiger partial charge in [0.25, 0.3) is 0 Å². The SMILES string of the molecule is CC(C)c1ccc(-c2cc[n+](Cc3ccccc3)cc2)cc1.Fc1c(F)c(F)c([B-](c2c(F)c(F)c(F)c(F)c2F)(c2c(F)c(F)c(F)c(F)c2F)c2c(F)c(F)c(F)c(F)c2F)c(F)c1F. The largest absolute Gasteiger partial charge is 0.207 e. The van der Waals surface area contributed by atoms with Crippen LogP contribution in [0.2, 0.25) is 0 Å². The van der Waals surface area contributed by atoms with Gasteiger partial charge in [-0.15, -0.1) is 21.9 Å². The van der Waals surface area contributed by atoms with Gasteiger partial charge in [-0.05, 0) is 22.6 Å². The van der Waals surface area contributed by atoms with E-state index in [9.17, 15) is 52.7 Å². The maximum atomic E-state index is 15.4. The molecule has 0 saturated heterocycles. The van der Waals surface area contributed by atoms with Gasteiger partial charge in [0, 0.05) is 17.7 Å². The molecular weight excluding hydrogens is 945 g/mol. The summed E-state index contributed by atoms with van der Waals surface area (Å²) in [6.07, 6.45) is -2.91. The van der Waals surface area contributed by atoms with E-state index in [2.05, 4.69) is 97.5 Å². The summed E-state index contributed by atoms with van der Waals surface area (Å²) in [6, 6.07) is 23.8. The van der Waals surface area contributed by atoms with E-state index in [1.165, 1.54) is 22.3 Å². The molecule has 0 aliphatic rings. The smallest absolute Gasteiger partial charge is 0.200 e. The van der Waals surface area contributed by atoms with Gasteiger partial charge >= 0.3 is 0 Å². The highest BCUT2D eigenvalue weighted by molar-refractivity contribution is 7.20. The second kappa shape index (κ2) is 18.8. The predicted octanol–water partition coefficient (Wildman–Crippen LogP) is 10.7. The van der Waals surface area contributed by atoms with Crippen molar-refractivity contribution in [2.45, 2.75) is 26.3 Å². The minimum atomic E-state index is -7.22. The summed E-state index contributed by atoms with van der Waals surface area (Å²) < 4.78 is 296. The first-order chi connectivity index (χ1) is 31.4. The number of pyridine rings is 1. The van der Waals surface area contributed by atoms with Gasteiger partial charge in [0.05, 0.1) is 0 Å². The lowest BCUT2D eigenvalue weighted by Gasteiger charge is -2.44. The molecule has 6 aromatic carbocycles. The van der Waals surface area contributed by atoms with E-state index >= 15 is 35.1 Å². The molecule has 0 saturated carbocycles. The average molecular weight is 967 g/mol. The molecule has 1 aromatic heterocycles. The van der Waals surface area contributed by atoms with Crippen molar-refractivity contribution >= 4 is 28.0 Å². The maximum Gasteiger partial charge on any atom is 0.200 e. The molecule has 0 atom stereocenters. The molecule has 0 radical (unpaired) electrons. The summed E-state index contributed by atoms with van der Waals surface area (Å²) >= 11 is 0. The Balaban J connectivity index is 0.000000279. The van der Waals surface area contributed by atoms with Crippen LogP contribution in [0.15, 0.2) is 79.1 Å². The molecule has 0 aliphatic carbocycles. The lowest BCUT2D eigenvalue weighted by molar-refractivity contribution is -0.688. The number of halogens is 20. The highest BCUT2D eigenvalue weighted by Crippen LogP contribution is 2.31. The Morgan fingerprint density at radius 1 is 0.328 bits per heavy atom. The van der Waals surface area contributed by atoms with Crippen LogP contribution >= 0.6 is 0 Å². The van der Waals surface area contributed by atoms with Gasteiger partial charge in [-0.2, -0.15) is 0 Å². The van der Waals surface area contributed by atoms with E-state index in [1.54, 1.807) is 0 Å². The third kappa shape index (κ3) is 8.23. The van der Waals surface area contributed by atoms with Crippen LogP contribution in [-0.4, -0.2) is 6.15 Å². The van der Waals surface area contributed by atoms with Crippen LogP contribution in [0.25, 0.3) is 11.1 Å². The van der Waals surface area contributed by atoms with Crippen molar-refractivity contribution in [1.29, 1.82) is 0 Å². The topological polar surface area (TPSA) is 3.88 Å². The van der Waals surface area contributed by atoms with Gasteiger partial charge in [-0.25, -0.2) is 92.4 Å². The molecule has 7 rings (SSSR count). The first kappa shape index (κ1) is 49.6. The highest BCUT2D eigenvalue weighted by Gasteiger charge is 2.52. The van der Waals surface area contributed by atoms with Crippen LogP contribution in [0, 0.1) is 116 Å². The van der Waals surface area contributed by atoms with E-state index in [0.717, 1.165) is 6.54 Å². The fraction of sp³-hybridized carbons (Fsp3) is 0.0889. The van der Waals surface area contributed by atoms with Gasteiger partial charge in [0.2, 0.25) is 0 Å². The Kier molecular flexibility index (Phi) is 13.9. The molecule has 0 N–H and O–H groups in total. The molecule has 0 spiro atoms. The van der Waals surface area contributed by atoms with Gasteiger partial charge in [0.1, 0.15) is 52.7 Å².